The number of anilines is 1. The fourth-order valence-electron chi connectivity index (χ4n) is 1.93. The minimum Gasteiger partial charge on any atom is -0.431 e. The van der Waals surface area contributed by atoms with Crippen LogP contribution in [0.15, 0.2) is 52.1 Å². The second kappa shape index (κ2) is 6.60. The van der Waals surface area contributed by atoms with E-state index in [-0.39, 0.29) is 10.9 Å². The fraction of sp³-hybridized carbons (Fsp3) is 0.125. The molecule has 118 valence electrons. The molecule has 0 bridgehead atoms. The Labute approximate surface area is 141 Å². The van der Waals surface area contributed by atoms with Gasteiger partial charge in [0.1, 0.15) is 11.3 Å². The average Bonchev–Trinajstić information content (AvgIpc) is 2.92. The zero-order valence-electron chi connectivity index (χ0n) is 12.0. The van der Waals surface area contributed by atoms with Crippen LogP contribution in [0.1, 0.15) is 6.92 Å². The topological polar surface area (TPSA) is 55.1 Å². The number of halogens is 2. The van der Waals surface area contributed by atoms with Gasteiger partial charge in [0.15, 0.2) is 5.58 Å². The molecule has 1 atom stereocenters. The van der Waals surface area contributed by atoms with Crippen molar-refractivity contribution in [3.8, 4) is 0 Å². The van der Waals surface area contributed by atoms with Gasteiger partial charge < -0.3 is 9.73 Å². The third-order valence-corrected chi connectivity index (χ3v) is 4.37. The standard InChI is InChI=1S/C16H12ClFN2O2S/c1-9(15(21)19-12-7-6-10(18)8-11(12)17)23-16-20-13-4-2-3-5-14(13)22-16/h2-9H,1H3,(H,19,21). The lowest BCUT2D eigenvalue weighted by molar-refractivity contribution is -0.115. The summed E-state index contributed by atoms with van der Waals surface area (Å²) in [5.41, 5.74) is 1.77. The van der Waals surface area contributed by atoms with Crippen LogP contribution in [0.4, 0.5) is 10.1 Å². The third-order valence-electron chi connectivity index (χ3n) is 3.11. The van der Waals surface area contributed by atoms with Crippen LogP contribution in [0.25, 0.3) is 11.1 Å². The second-order valence-electron chi connectivity index (χ2n) is 4.82. The van der Waals surface area contributed by atoms with Gasteiger partial charge in [-0.2, -0.15) is 0 Å². The van der Waals surface area contributed by atoms with Crippen LogP contribution < -0.4 is 5.32 Å². The molecule has 1 unspecified atom stereocenters. The van der Waals surface area contributed by atoms with Crippen LogP contribution in [0.5, 0.6) is 0 Å². The van der Waals surface area contributed by atoms with Crippen molar-refractivity contribution in [3.63, 3.8) is 0 Å². The van der Waals surface area contributed by atoms with E-state index in [1.807, 2.05) is 24.3 Å². The molecule has 2 aromatic carbocycles. The molecule has 1 amide bonds. The van der Waals surface area contributed by atoms with Gasteiger partial charge in [0.2, 0.25) is 5.91 Å². The number of amides is 1. The zero-order valence-corrected chi connectivity index (χ0v) is 13.6. The number of hydrogen-bond donors (Lipinski definition) is 1. The molecule has 0 spiro atoms. The maximum atomic E-state index is 13.0. The molecular weight excluding hydrogens is 339 g/mol. The molecule has 4 nitrogen and oxygen atoms in total. The number of rotatable bonds is 4. The van der Waals surface area contributed by atoms with E-state index in [9.17, 15) is 9.18 Å². The summed E-state index contributed by atoms with van der Waals surface area (Å²) in [4.78, 5) is 16.5. The Balaban J connectivity index is 1.69. The lowest BCUT2D eigenvalue weighted by Gasteiger charge is -2.11. The number of fused-ring (bicyclic) bond motifs is 1. The molecule has 0 fully saturated rings. The van der Waals surface area contributed by atoms with Crippen LogP contribution in [-0.4, -0.2) is 16.1 Å². The summed E-state index contributed by atoms with van der Waals surface area (Å²) in [5, 5.41) is 2.78. The lowest BCUT2D eigenvalue weighted by Crippen LogP contribution is -2.22. The van der Waals surface area contributed by atoms with Crippen LogP contribution in [0.2, 0.25) is 5.02 Å². The lowest BCUT2D eigenvalue weighted by atomic mass is 10.3. The van der Waals surface area contributed by atoms with E-state index in [0.717, 1.165) is 11.6 Å². The fourth-order valence-corrected chi connectivity index (χ4v) is 2.90. The summed E-state index contributed by atoms with van der Waals surface area (Å²) in [5.74, 6) is -0.729. The Kier molecular flexibility index (Phi) is 4.54. The van der Waals surface area contributed by atoms with Crippen molar-refractivity contribution in [2.24, 2.45) is 0 Å². The van der Waals surface area contributed by atoms with E-state index in [4.69, 9.17) is 16.0 Å². The smallest absolute Gasteiger partial charge is 0.257 e. The number of aromatic nitrogens is 1. The normalized spacial score (nSPS) is 12.3. The maximum absolute atomic E-state index is 13.0. The molecule has 23 heavy (non-hydrogen) atoms. The summed E-state index contributed by atoms with van der Waals surface area (Å²) >= 11 is 7.10. The molecule has 0 saturated carbocycles. The first-order valence-electron chi connectivity index (χ1n) is 6.81. The molecule has 1 N–H and O–H groups in total. The van der Waals surface area contributed by atoms with Crippen LogP contribution in [0.3, 0.4) is 0 Å². The first-order chi connectivity index (χ1) is 11.0. The largest absolute Gasteiger partial charge is 0.431 e. The van der Waals surface area contributed by atoms with Gasteiger partial charge in [0.25, 0.3) is 5.22 Å². The van der Waals surface area contributed by atoms with E-state index in [1.54, 1.807) is 6.92 Å². The first kappa shape index (κ1) is 15.8. The minimum atomic E-state index is -0.457. The highest BCUT2D eigenvalue weighted by molar-refractivity contribution is 8.00. The molecule has 0 saturated heterocycles. The van der Waals surface area contributed by atoms with Gasteiger partial charge in [-0.05, 0) is 37.3 Å². The van der Waals surface area contributed by atoms with Crippen molar-refractivity contribution in [3.05, 3.63) is 53.3 Å². The number of nitrogens with one attached hydrogen (secondary N) is 1. The Morgan fingerprint density at radius 3 is 2.87 bits per heavy atom. The molecule has 1 heterocycles. The van der Waals surface area contributed by atoms with E-state index in [1.165, 1.54) is 23.9 Å². The number of thioether (sulfide) groups is 1. The molecule has 7 heteroatoms. The number of carbonyl (C=O) groups is 1. The van der Waals surface area contributed by atoms with Gasteiger partial charge in [0.05, 0.1) is 16.0 Å². The first-order valence-corrected chi connectivity index (χ1v) is 8.07. The summed E-state index contributed by atoms with van der Waals surface area (Å²) in [6, 6.07) is 11.2. The van der Waals surface area contributed by atoms with E-state index >= 15 is 0 Å². The van der Waals surface area contributed by atoms with Crippen molar-refractivity contribution in [2.75, 3.05) is 5.32 Å². The number of para-hydroxylation sites is 2. The van der Waals surface area contributed by atoms with Crippen LogP contribution in [0, 0.1) is 5.82 Å². The van der Waals surface area contributed by atoms with Gasteiger partial charge in [0, 0.05) is 0 Å². The average molecular weight is 351 g/mol. The summed E-state index contributed by atoms with van der Waals surface area (Å²) < 4.78 is 18.6. The highest BCUT2D eigenvalue weighted by Gasteiger charge is 2.19. The van der Waals surface area contributed by atoms with Gasteiger partial charge in [-0.3, -0.25) is 4.79 Å². The number of nitrogens with zero attached hydrogens (tertiary/aromatic N) is 1. The quantitative estimate of drug-likeness (QED) is 0.690. The van der Waals surface area contributed by atoms with Gasteiger partial charge in [-0.15, -0.1) is 0 Å². The molecule has 0 aliphatic rings. The van der Waals surface area contributed by atoms with Crippen molar-refractivity contribution in [2.45, 2.75) is 17.4 Å². The van der Waals surface area contributed by atoms with Gasteiger partial charge in [-0.25, -0.2) is 9.37 Å². The Bertz CT molecular complexity index is 835. The van der Waals surface area contributed by atoms with Crippen molar-refractivity contribution in [1.29, 1.82) is 0 Å². The molecular formula is C16H12ClFN2O2S. The van der Waals surface area contributed by atoms with Gasteiger partial charge in [-0.1, -0.05) is 35.5 Å². The predicted molar refractivity (Wildman–Crippen MR) is 89.4 cm³/mol. The number of benzene rings is 2. The monoisotopic (exact) mass is 350 g/mol. The highest BCUT2D eigenvalue weighted by Crippen LogP contribution is 2.28. The van der Waals surface area contributed by atoms with E-state index in [0.29, 0.717) is 16.5 Å². The molecule has 0 aliphatic carbocycles. The second-order valence-corrected chi connectivity index (χ2v) is 6.52. The SMILES string of the molecule is CC(Sc1nc2ccccc2o1)C(=O)Nc1ccc(F)cc1Cl. The Morgan fingerprint density at radius 1 is 1.35 bits per heavy atom. The van der Waals surface area contributed by atoms with E-state index in [2.05, 4.69) is 10.3 Å². The number of oxazole rings is 1. The third kappa shape index (κ3) is 3.65. The van der Waals surface area contributed by atoms with Crippen molar-refractivity contribution >= 4 is 46.1 Å². The summed E-state index contributed by atoms with van der Waals surface area (Å²) in [7, 11) is 0. The maximum Gasteiger partial charge on any atom is 0.257 e. The Morgan fingerprint density at radius 2 is 2.13 bits per heavy atom. The molecule has 0 radical (unpaired) electrons. The van der Waals surface area contributed by atoms with Crippen LogP contribution >= 0.6 is 23.4 Å². The molecule has 0 aliphatic heterocycles. The van der Waals surface area contributed by atoms with Gasteiger partial charge >= 0.3 is 0 Å². The summed E-state index contributed by atoms with van der Waals surface area (Å²) in [6.07, 6.45) is 0. The number of hydrogen-bond acceptors (Lipinski definition) is 4. The zero-order chi connectivity index (χ0) is 16.4. The van der Waals surface area contributed by atoms with Crippen LogP contribution in [-0.2, 0) is 4.79 Å². The van der Waals surface area contributed by atoms with Crippen molar-refractivity contribution < 1.29 is 13.6 Å². The summed E-state index contributed by atoms with van der Waals surface area (Å²) in [6.45, 7) is 1.73. The molecule has 3 rings (SSSR count). The Hall–Kier alpha value is -2.05. The van der Waals surface area contributed by atoms with E-state index < -0.39 is 11.1 Å². The number of carbonyl (C=O) groups excluding carboxylic acids is 1. The minimum absolute atomic E-state index is 0.150. The highest BCUT2D eigenvalue weighted by atomic mass is 35.5. The molecule has 3 aromatic rings. The predicted octanol–water partition coefficient (Wildman–Crippen LogP) is 4.74. The van der Waals surface area contributed by atoms with Crippen molar-refractivity contribution in [1.82, 2.24) is 4.98 Å². The molecule has 1 aromatic heterocycles.